The molecule has 0 aliphatic rings. The standard InChI is InChI=1S/C8H9Cl2N5.C4H4O4/c9-4-1-2-5(10)6(3-4)14-8(13)15-7(11)12;5-3(6)1-2-4(7)8/h1-3H,(H6,11,12,13,14,15);1-2H,(H,5,6)(H,7,8)/b;2-1-. The van der Waals surface area contributed by atoms with E-state index in [2.05, 4.69) is 9.98 Å². The number of nitrogens with two attached hydrogens (primary N) is 3. The first-order valence-electron chi connectivity index (χ1n) is 5.64. The first-order valence-corrected chi connectivity index (χ1v) is 6.40. The van der Waals surface area contributed by atoms with Gasteiger partial charge >= 0.3 is 11.9 Å². The second-order valence-corrected chi connectivity index (χ2v) is 4.46. The van der Waals surface area contributed by atoms with Crippen LogP contribution in [0.2, 0.25) is 10.0 Å². The summed E-state index contributed by atoms with van der Waals surface area (Å²) < 4.78 is 0. The molecular weight excluding hydrogens is 349 g/mol. The Hall–Kier alpha value is -2.78. The molecule has 1 aromatic rings. The van der Waals surface area contributed by atoms with Crippen LogP contribution >= 0.6 is 23.2 Å². The van der Waals surface area contributed by atoms with Crippen LogP contribution in [-0.4, -0.2) is 34.1 Å². The van der Waals surface area contributed by atoms with Gasteiger partial charge in [-0.3, -0.25) is 0 Å². The number of aliphatic imine (C=N–C) groups is 2. The molecule has 8 N–H and O–H groups in total. The summed E-state index contributed by atoms with van der Waals surface area (Å²) in [6.07, 6.45) is 1.12. The first-order chi connectivity index (χ1) is 10.6. The minimum Gasteiger partial charge on any atom is -0.478 e. The lowest BCUT2D eigenvalue weighted by Crippen LogP contribution is -2.26. The van der Waals surface area contributed by atoms with E-state index < -0.39 is 11.9 Å². The number of hydrogen-bond donors (Lipinski definition) is 5. The Kier molecular flexibility index (Phi) is 8.82. The number of hydrogen-bond acceptors (Lipinski definition) is 3. The van der Waals surface area contributed by atoms with Crippen molar-refractivity contribution in [2.75, 3.05) is 0 Å². The number of guanidine groups is 2. The third-order valence-corrected chi connectivity index (χ3v) is 2.31. The predicted molar refractivity (Wildman–Crippen MR) is 88.0 cm³/mol. The normalized spacial score (nSPS) is 10.6. The summed E-state index contributed by atoms with van der Waals surface area (Å²) in [5.74, 6) is -2.77. The summed E-state index contributed by atoms with van der Waals surface area (Å²) in [6.45, 7) is 0. The Bertz CT molecular complexity index is 653. The van der Waals surface area contributed by atoms with Gasteiger partial charge in [0.25, 0.3) is 0 Å². The van der Waals surface area contributed by atoms with Crippen LogP contribution in [0.1, 0.15) is 0 Å². The zero-order chi connectivity index (χ0) is 18.0. The summed E-state index contributed by atoms with van der Waals surface area (Å²) in [5.41, 5.74) is 16.1. The molecule has 9 nitrogen and oxygen atoms in total. The van der Waals surface area contributed by atoms with E-state index in [1.807, 2.05) is 0 Å². The molecule has 0 spiro atoms. The highest BCUT2D eigenvalue weighted by molar-refractivity contribution is 6.35. The summed E-state index contributed by atoms with van der Waals surface area (Å²) in [5, 5.41) is 16.5. The van der Waals surface area contributed by atoms with Crippen molar-refractivity contribution in [1.29, 1.82) is 0 Å². The minimum absolute atomic E-state index is 0.0841. The zero-order valence-electron chi connectivity index (χ0n) is 11.5. The molecule has 1 rings (SSSR count). The molecule has 0 saturated carbocycles. The maximum atomic E-state index is 9.55. The Balaban J connectivity index is 0.000000515. The van der Waals surface area contributed by atoms with Crippen LogP contribution in [-0.2, 0) is 9.59 Å². The number of carboxylic acid groups (broad SMARTS) is 2. The molecule has 0 heterocycles. The molecule has 23 heavy (non-hydrogen) atoms. The van der Waals surface area contributed by atoms with Crippen LogP contribution in [0, 0.1) is 0 Å². The lowest BCUT2D eigenvalue weighted by Gasteiger charge is -1.99. The summed E-state index contributed by atoms with van der Waals surface area (Å²) >= 11 is 11.6. The van der Waals surface area contributed by atoms with E-state index in [4.69, 9.17) is 50.6 Å². The topological polar surface area (TPSA) is 177 Å². The molecule has 11 heteroatoms. The molecule has 0 saturated heterocycles. The second kappa shape index (κ2) is 10.0. The van der Waals surface area contributed by atoms with Crippen LogP contribution in [0.4, 0.5) is 5.69 Å². The number of rotatable bonds is 3. The minimum atomic E-state index is -1.26. The predicted octanol–water partition coefficient (Wildman–Crippen LogP) is 0.925. The van der Waals surface area contributed by atoms with Crippen LogP contribution in [0.15, 0.2) is 40.3 Å². The average molecular weight is 362 g/mol. The first kappa shape index (κ1) is 20.2. The Morgan fingerprint density at radius 1 is 1.04 bits per heavy atom. The monoisotopic (exact) mass is 361 g/mol. The van der Waals surface area contributed by atoms with E-state index in [0.717, 1.165) is 0 Å². The number of aliphatic carboxylic acids is 2. The molecule has 1 aromatic carbocycles. The summed E-state index contributed by atoms with van der Waals surface area (Å²) in [6, 6.07) is 4.80. The van der Waals surface area contributed by atoms with Crippen molar-refractivity contribution in [2.45, 2.75) is 0 Å². The largest absolute Gasteiger partial charge is 0.478 e. The highest BCUT2D eigenvalue weighted by Gasteiger charge is 2.00. The molecular formula is C12H13Cl2N5O4. The van der Waals surface area contributed by atoms with Crippen molar-refractivity contribution < 1.29 is 19.8 Å². The van der Waals surface area contributed by atoms with Crippen LogP contribution < -0.4 is 17.2 Å². The van der Waals surface area contributed by atoms with Gasteiger partial charge in [0.15, 0.2) is 5.96 Å². The third kappa shape index (κ3) is 10.6. The number of halogens is 2. The van der Waals surface area contributed by atoms with Crippen molar-refractivity contribution in [3.05, 3.63) is 40.4 Å². The van der Waals surface area contributed by atoms with Gasteiger partial charge in [-0.1, -0.05) is 23.2 Å². The zero-order valence-corrected chi connectivity index (χ0v) is 13.0. The van der Waals surface area contributed by atoms with Gasteiger partial charge in [-0.2, -0.15) is 4.99 Å². The van der Waals surface area contributed by atoms with Gasteiger partial charge in [0.1, 0.15) is 0 Å². The quantitative estimate of drug-likeness (QED) is 0.301. The lowest BCUT2D eigenvalue weighted by atomic mass is 10.3. The molecule has 0 bridgehead atoms. The molecule has 0 unspecified atom stereocenters. The van der Waals surface area contributed by atoms with E-state index in [1.54, 1.807) is 18.2 Å². The molecule has 0 radical (unpaired) electrons. The third-order valence-electron chi connectivity index (χ3n) is 1.76. The Labute approximate surface area is 140 Å². The van der Waals surface area contributed by atoms with E-state index in [9.17, 15) is 9.59 Å². The van der Waals surface area contributed by atoms with Crippen LogP contribution in [0.5, 0.6) is 0 Å². The molecule has 0 aliphatic heterocycles. The maximum Gasteiger partial charge on any atom is 0.328 e. The van der Waals surface area contributed by atoms with Gasteiger partial charge in [-0.15, -0.1) is 0 Å². The number of carbonyl (C=O) groups is 2. The van der Waals surface area contributed by atoms with E-state index >= 15 is 0 Å². The van der Waals surface area contributed by atoms with Gasteiger partial charge < -0.3 is 27.4 Å². The molecule has 0 fully saturated rings. The molecule has 0 aliphatic carbocycles. The van der Waals surface area contributed by atoms with Crippen molar-refractivity contribution in [2.24, 2.45) is 27.2 Å². The van der Waals surface area contributed by atoms with Crippen molar-refractivity contribution >= 4 is 52.7 Å². The fourth-order valence-corrected chi connectivity index (χ4v) is 1.32. The van der Waals surface area contributed by atoms with Crippen LogP contribution in [0.3, 0.4) is 0 Å². The van der Waals surface area contributed by atoms with E-state index in [-0.39, 0.29) is 11.9 Å². The smallest absolute Gasteiger partial charge is 0.328 e. The molecule has 0 atom stereocenters. The van der Waals surface area contributed by atoms with Gasteiger partial charge in [-0.05, 0) is 18.2 Å². The number of benzene rings is 1. The van der Waals surface area contributed by atoms with Gasteiger partial charge in [0.05, 0.1) is 10.7 Å². The van der Waals surface area contributed by atoms with Gasteiger partial charge in [0, 0.05) is 17.2 Å². The molecule has 0 aromatic heterocycles. The lowest BCUT2D eigenvalue weighted by molar-refractivity contribution is -0.134. The summed E-state index contributed by atoms with van der Waals surface area (Å²) in [7, 11) is 0. The van der Waals surface area contributed by atoms with Gasteiger partial charge in [0.2, 0.25) is 5.96 Å². The Morgan fingerprint density at radius 2 is 1.57 bits per heavy atom. The van der Waals surface area contributed by atoms with Crippen molar-refractivity contribution in [3.63, 3.8) is 0 Å². The maximum absolute atomic E-state index is 9.55. The fraction of sp³-hybridized carbons (Fsp3) is 0. The summed E-state index contributed by atoms with van der Waals surface area (Å²) in [4.78, 5) is 26.5. The fourth-order valence-electron chi connectivity index (χ4n) is 0.995. The van der Waals surface area contributed by atoms with Crippen molar-refractivity contribution in [1.82, 2.24) is 0 Å². The molecule has 124 valence electrons. The van der Waals surface area contributed by atoms with Crippen LogP contribution in [0.25, 0.3) is 0 Å². The highest BCUT2D eigenvalue weighted by Crippen LogP contribution is 2.27. The highest BCUT2D eigenvalue weighted by atomic mass is 35.5. The van der Waals surface area contributed by atoms with E-state index in [0.29, 0.717) is 27.9 Å². The van der Waals surface area contributed by atoms with Gasteiger partial charge in [-0.25, -0.2) is 14.6 Å². The van der Waals surface area contributed by atoms with E-state index in [1.165, 1.54) is 0 Å². The average Bonchev–Trinajstić information content (AvgIpc) is 2.40. The van der Waals surface area contributed by atoms with Crippen molar-refractivity contribution in [3.8, 4) is 0 Å². The second-order valence-electron chi connectivity index (χ2n) is 3.61. The molecule has 0 amide bonds. The Morgan fingerprint density at radius 3 is 2.00 bits per heavy atom. The number of nitrogens with zero attached hydrogens (tertiary/aromatic N) is 2. The number of carboxylic acids is 2. The SMILES string of the molecule is NC(N)=NC(N)=Nc1cc(Cl)ccc1Cl.O=C(O)/C=C\C(=O)O.